The number of amidine groups is 1. The van der Waals surface area contributed by atoms with Crippen molar-refractivity contribution in [3.8, 4) is 0 Å². The first-order chi connectivity index (χ1) is 12.2. The van der Waals surface area contributed by atoms with Gasteiger partial charge in [0, 0.05) is 0 Å². The zero-order valence-electron chi connectivity index (χ0n) is 15.6. The van der Waals surface area contributed by atoms with Crippen LogP contribution >= 0.6 is 0 Å². The van der Waals surface area contributed by atoms with Crippen LogP contribution in [-0.4, -0.2) is 57.5 Å². The van der Waals surface area contributed by atoms with Crippen LogP contribution in [-0.2, 0) is 20.9 Å². The van der Waals surface area contributed by atoms with E-state index in [9.17, 15) is 9.59 Å². The molecule has 143 valence electrons. The monoisotopic (exact) mass is 428 g/mol. The molecule has 1 atom stereocenters. The molecule has 0 aliphatic heterocycles. The number of benzene rings is 1. The van der Waals surface area contributed by atoms with Gasteiger partial charge in [0.2, 0.25) is 0 Å². The Morgan fingerprint density at radius 3 is 2.50 bits per heavy atom. The van der Waals surface area contributed by atoms with Gasteiger partial charge in [0.25, 0.3) is 0 Å². The Labute approximate surface area is 162 Å². The number of carbonyl (C=O) groups excluding carboxylic acids is 2. The topological polar surface area (TPSA) is 89.0 Å². The van der Waals surface area contributed by atoms with E-state index in [1.165, 1.54) is 0 Å². The predicted octanol–water partition coefficient (Wildman–Crippen LogP) is 1.76. The maximum atomic E-state index is 12.0. The fourth-order valence-electron chi connectivity index (χ4n) is 1.77. The van der Waals surface area contributed by atoms with E-state index in [4.69, 9.17) is 9.47 Å². The summed E-state index contributed by atoms with van der Waals surface area (Å²) in [6.07, 6.45) is -0.486. The molecule has 0 aliphatic carbocycles. The van der Waals surface area contributed by atoms with Crippen LogP contribution in [0.4, 0.5) is 4.79 Å². The van der Waals surface area contributed by atoms with Gasteiger partial charge in [-0.3, -0.25) is 0 Å². The Kier molecular flexibility index (Phi) is 9.16. The Bertz CT molecular complexity index is 615. The van der Waals surface area contributed by atoms with Gasteiger partial charge in [0.1, 0.15) is 0 Å². The molecule has 1 radical (unpaired) electrons. The molecule has 0 heterocycles. The second-order valence-corrected chi connectivity index (χ2v) is 7.39. The third-order valence-electron chi connectivity index (χ3n) is 2.95. The predicted molar refractivity (Wildman–Crippen MR) is 101 cm³/mol. The average molecular weight is 427 g/mol. The molecule has 7 nitrogen and oxygen atoms in total. The summed E-state index contributed by atoms with van der Waals surface area (Å²) in [5, 5.41) is 5.53. The summed E-state index contributed by atoms with van der Waals surface area (Å²) in [5.41, 5.74) is 0.395. The Hall–Kier alpha value is -2.05. The normalized spacial score (nSPS) is 12.8. The summed E-state index contributed by atoms with van der Waals surface area (Å²) in [5.74, 6) is -0.372. The van der Waals surface area contributed by atoms with Crippen molar-refractivity contribution in [1.82, 2.24) is 10.6 Å². The van der Waals surface area contributed by atoms with Crippen molar-refractivity contribution in [3.05, 3.63) is 35.9 Å². The van der Waals surface area contributed by atoms with Gasteiger partial charge in [-0.05, 0) is 0 Å². The molecule has 0 fully saturated rings. The van der Waals surface area contributed by atoms with Crippen LogP contribution in [0.1, 0.15) is 33.3 Å². The van der Waals surface area contributed by atoms with Crippen molar-refractivity contribution in [3.63, 3.8) is 0 Å². The van der Waals surface area contributed by atoms with Crippen molar-refractivity contribution in [2.45, 2.75) is 45.9 Å². The van der Waals surface area contributed by atoms with Crippen LogP contribution in [0.25, 0.3) is 0 Å². The van der Waals surface area contributed by atoms with E-state index in [-0.39, 0.29) is 12.6 Å². The van der Waals surface area contributed by atoms with Gasteiger partial charge in [0.05, 0.1) is 0 Å². The van der Waals surface area contributed by atoms with Crippen molar-refractivity contribution in [1.29, 1.82) is 0 Å². The molecule has 1 amide bonds. The maximum absolute atomic E-state index is 12.0. The first kappa shape index (κ1) is 22.0. The van der Waals surface area contributed by atoms with Crippen LogP contribution in [0, 0.1) is 0 Å². The van der Waals surface area contributed by atoms with E-state index < -0.39 is 17.7 Å². The first-order valence-electron chi connectivity index (χ1n) is 8.33. The van der Waals surface area contributed by atoms with Gasteiger partial charge in [0.15, 0.2) is 0 Å². The molecule has 0 spiro atoms. The summed E-state index contributed by atoms with van der Waals surface area (Å²) in [6.45, 7) is 7.99. The zero-order chi connectivity index (χ0) is 19.6. The van der Waals surface area contributed by atoms with Gasteiger partial charge >= 0.3 is 162 Å². The molecule has 0 aromatic heterocycles. The van der Waals surface area contributed by atoms with E-state index in [1.807, 2.05) is 30.3 Å². The van der Waals surface area contributed by atoms with Gasteiger partial charge < -0.3 is 0 Å². The van der Waals surface area contributed by atoms with Crippen LogP contribution in [0.15, 0.2) is 35.3 Å². The summed E-state index contributed by atoms with van der Waals surface area (Å²) in [4.78, 5) is 27.7. The SMILES string of the molecule is C[C@H](NC([Se])=NCCNC(=O)OC(C)(C)C)C(=O)OCc1ccccc1. The molecule has 26 heavy (non-hydrogen) atoms. The average Bonchev–Trinajstić information content (AvgIpc) is 2.56. The molecule has 1 aromatic carbocycles. The van der Waals surface area contributed by atoms with E-state index in [1.54, 1.807) is 27.7 Å². The Morgan fingerprint density at radius 1 is 1.23 bits per heavy atom. The molecular formula is C18H26N3O4Se. The Balaban J connectivity index is 2.27. The van der Waals surface area contributed by atoms with E-state index in [0.717, 1.165) is 5.56 Å². The summed E-state index contributed by atoms with van der Waals surface area (Å²) in [7, 11) is 0. The number of alkyl carbamates (subject to hydrolysis) is 1. The van der Waals surface area contributed by atoms with Crippen LogP contribution < -0.4 is 10.6 Å². The minimum absolute atomic E-state index is 0.228. The molecule has 0 saturated heterocycles. The summed E-state index contributed by atoms with van der Waals surface area (Å²) >= 11 is 2.75. The first-order valence-corrected chi connectivity index (χ1v) is 9.18. The van der Waals surface area contributed by atoms with Gasteiger partial charge in [-0.15, -0.1) is 0 Å². The van der Waals surface area contributed by atoms with Gasteiger partial charge in [-0.1, -0.05) is 0 Å². The summed E-state index contributed by atoms with van der Waals surface area (Å²) < 4.78 is 10.8. The molecule has 1 rings (SSSR count). The third kappa shape index (κ3) is 10.1. The molecule has 2 N–H and O–H groups in total. The quantitative estimate of drug-likeness (QED) is 0.228. The molecule has 8 heteroatoms. The number of carbonyl (C=O) groups is 2. The van der Waals surface area contributed by atoms with Crippen molar-refractivity contribution < 1.29 is 19.1 Å². The number of nitrogens with one attached hydrogen (secondary N) is 2. The van der Waals surface area contributed by atoms with Crippen molar-refractivity contribution >= 4 is 32.8 Å². The number of hydrogen-bond acceptors (Lipinski definition) is 5. The molecule has 0 aliphatic rings. The number of aliphatic imine (C=N–C) groups is 1. The van der Waals surface area contributed by atoms with Gasteiger partial charge in [-0.25, -0.2) is 0 Å². The number of ether oxygens (including phenoxy) is 2. The second-order valence-electron chi connectivity index (χ2n) is 6.57. The van der Waals surface area contributed by atoms with E-state index in [2.05, 4.69) is 31.6 Å². The van der Waals surface area contributed by atoms with Crippen LogP contribution in [0.2, 0.25) is 0 Å². The Morgan fingerprint density at radius 2 is 1.88 bits per heavy atom. The molecule has 0 saturated carbocycles. The zero-order valence-corrected chi connectivity index (χ0v) is 17.3. The molecular weight excluding hydrogens is 401 g/mol. The number of esters is 1. The van der Waals surface area contributed by atoms with Crippen molar-refractivity contribution in [2.75, 3.05) is 13.1 Å². The fourth-order valence-corrected chi connectivity index (χ4v) is 2.34. The van der Waals surface area contributed by atoms with Crippen LogP contribution in [0.5, 0.6) is 0 Å². The minimum atomic E-state index is -0.544. The molecule has 0 unspecified atom stereocenters. The molecule has 1 aromatic rings. The number of hydrogen-bond donors (Lipinski definition) is 2. The summed E-state index contributed by atoms with van der Waals surface area (Å²) in [6, 6.07) is 8.93. The number of nitrogens with zero attached hydrogens (tertiary/aromatic N) is 1. The standard InChI is InChI=1S/C18H26N3O4Se/c1-13(15(22)24-12-14-8-6-5-7-9-14)21-16(26)19-10-11-20-17(23)25-18(2,3)4/h5-9,13H,10-12H2,1-4H3,(H,19,21)(H,20,23)/t13-/m0/s1. The third-order valence-corrected chi connectivity index (χ3v) is 3.47. The van der Waals surface area contributed by atoms with Crippen molar-refractivity contribution in [2.24, 2.45) is 4.99 Å². The van der Waals surface area contributed by atoms with Gasteiger partial charge in [-0.2, -0.15) is 0 Å². The fraction of sp³-hybridized carbons (Fsp3) is 0.500. The number of rotatable bonds is 7. The number of amides is 1. The molecule has 0 bridgehead atoms. The second kappa shape index (κ2) is 10.8. The van der Waals surface area contributed by atoms with E-state index in [0.29, 0.717) is 17.8 Å². The van der Waals surface area contributed by atoms with Crippen LogP contribution in [0.3, 0.4) is 0 Å². The van der Waals surface area contributed by atoms with E-state index >= 15 is 0 Å².